The van der Waals surface area contributed by atoms with Gasteiger partial charge in [0.25, 0.3) is 0 Å². The van der Waals surface area contributed by atoms with E-state index in [-0.39, 0.29) is 6.61 Å². The number of aliphatic carboxylic acids is 1. The minimum absolute atomic E-state index is 0.0196. The van der Waals surface area contributed by atoms with E-state index in [1.807, 2.05) is 6.07 Å². The minimum Gasteiger partial charge on any atom is -0.485 e. The molecule has 0 aromatic heterocycles. The molecule has 1 unspecified atom stereocenters. The highest BCUT2D eigenvalue weighted by Crippen LogP contribution is 2.32. The third kappa shape index (κ3) is 1.70. The van der Waals surface area contributed by atoms with Gasteiger partial charge in [-0.1, -0.05) is 0 Å². The molecule has 0 saturated carbocycles. The van der Waals surface area contributed by atoms with Crippen LogP contribution in [0.25, 0.3) is 0 Å². The van der Waals surface area contributed by atoms with Crippen LogP contribution in [0.2, 0.25) is 0 Å². The molecule has 0 fully saturated rings. The predicted octanol–water partition coefficient (Wildman–Crippen LogP) is 0.783. The van der Waals surface area contributed by atoms with Gasteiger partial charge in [0, 0.05) is 6.07 Å². The van der Waals surface area contributed by atoms with Gasteiger partial charge < -0.3 is 14.6 Å². The third-order valence-corrected chi connectivity index (χ3v) is 2.01. The van der Waals surface area contributed by atoms with Crippen molar-refractivity contribution >= 4 is 5.97 Å². The Kier molecular flexibility index (Phi) is 2.18. The first-order valence-corrected chi connectivity index (χ1v) is 4.27. The molecule has 0 radical (unpaired) electrons. The molecule has 1 N–H and O–H groups in total. The summed E-state index contributed by atoms with van der Waals surface area (Å²) in [6, 6.07) is 6.58. The monoisotopic (exact) mass is 205 g/mol. The van der Waals surface area contributed by atoms with Crippen molar-refractivity contribution in [2.75, 3.05) is 6.61 Å². The lowest BCUT2D eigenvalue weighted by atomic mass is 10.2. The number of fused-ring (bicyclic) bond motifs is 1. The number of nitriles is 1. The Balaban J connectivity index is 2.32. The molecule has 1 aromatic carbocycles. The fourth-order valence-electron chi connectivity index (χ4n) is 1.26. The van der Waals surface area contributed by atoms with Gasteiger partial charge >= 0.3 is 5.97 Å². The van der Waals surface area contributed by atoms with Crippen LogP contribution in [-0.4, -0.2) is 23.8 Å². The van der Waals surface area contributed by atoms with E-state index in [2.05, 4.69) is 0 Å². The number of benzene rings is 1. The lowest BCUT2D eigenvalue weighted by Crippen LogP contribution is -2.36. The largest absolute Gasteiger partial charge is 0.485 e. The van der Waals surface area contributed by atoms with Crippen molar-refractivity contribution in [2.24, 2.45) is 0 Å². The van der Waals surface area contributed by atoms with E-state index >= 15 is 0 Å². The van der Waals surface area contributed by atoms with Gasteiger partial charge in [0.15, 0.2) is 11.5 Å². The van der Waals surface area contributed by atoms with Crippen LogP contribution in [0.15, 0.2) is 18.2 Å². The van der Waals surface area contributed by atoms with Gasteiger partial charge in [-0.3, -0.25) is 0 Å². The van der Waals surface area contributed by atoms with Crippen molar-refractivity contribution in [3.05, 3.63) is 23.8 Å². The minimum atomic E-state index is -1.08. The normalized spacial score (nSPS) is 17.9. The molecular weight excluding hydrogens is 198 g/mol. The fourth-order valence-corrected chi connectivity index (χ4v) is 1.26. The van der Waals surface area contributed by atoms with Crippen LogP contribution in [0.3, 0.4) is 0 Å². The van der Waals surface area contributed by atoms with Gasteiger partial charge in [-0.2, -0.15) is 5.26 Å². The number of ether oxygens (including phenoxy) is 2. The van der Waals surface area contributed by atoms with Crippen LogP contribution < -0.4 is 9.47 Å². The average molecular weight is 205 g/mol. The Morgan fingerprint density at radius 3 is 3.00 bits per heavy atom. The second kappa shape index (κ2) is 3.50. The topological polar surface area (TPSA) is 79.5 Å². The van der Waals surface area contributed by atoms with Gasteiger partial charge in [-0.15, -0.1) is 0 Å². The third-order valence-electron chi connectivity index (χ3n) is 2.01. The van der Waals surface area contributed by atoms with Crippen molar-refractivity contribution < 1.29 is 19.4 Å². The molecule has 5 nitrogen and oxygen atoms in total. The molecule has 1 aliphatic rings. The van der Waals surface area contributed by atoms with Crippen LogP contribution in [-0.2, 0) is 4.79 Å². The van der Waals surface area contributed by atoms with Crippen molar-refractivity contribution in [3.63, 3.8) is 0 Å². The molecule has 5 heteroatoms. The highest BCUT2D eigenvalue weighted by Gasteiger charge is 2.26. The number of hydrogen-bond donors (Lipinski definition) is 1. The zero-order valence-electron chi connectivity index (χ0n) is 7.64. The predicted molar refractivity (Wildman–Crippen MR) is 48.7 cm³/mol. The van der Waals surface area contributed by atoms with Gasteiger partial charge in [-0.05, 0) is 12.1 Å². The summed E-state index contributed by atoms with van der Waals surface area (Å²) in [7, 11) is 0. The summed E-state index contributed by atoms with van der Waals surface area (Å²) in [5.74, 6) is -0.317. The van der Waals surface area contributed by atoms with Gasteiger partial charge in [0.2, 0.25) is 6.10 Å². The smallest absolute Gasteiger partial charge is 0.348 e. The maximum atomic E-state index is 10.6. The summed E-state index contributed by atoms with van der Waals surface area (Å²) >= 11 is 0. The Morgan fingerprint density at radius 1 is 1.53 bits per heavy atom. The first kappa shape index (κ1) is 9.34. The van der Waals surface area contributed by atoms with Crippen LogP contribution >= 0.6 is 0 Å². The molecule has 15 heavy (non-hydrogen) atoms. The molecule has 0 saturated heterocycles. The summed E-state index contributed by atoms with van der Waals surface area (Å²) in [6.07, 6.45) is -1.01. The van der Waals surface area contributed by atoms with E-state index < -0.39 is 12.1 Å². The first-order chi connectivity index (χ1) is 7.20. The second-order valence-electron chi connectivity index (χ2n) is 3.03. The average Bonchev–Trinajstić information content (AvgIpc) is 2.27. The van der Waals surface area contributed by atoms with Gasteiger partial charge in [-0.25, -0.2) is 4.79 Å². The van der Waals surface area contributed by atoms with E-state index in [0.29, 0.717) is 17.1 Å². The fraction of sp³-hybridized carbons (Fsp3) is 0.200. The van der Waals surface area contributed by atoms with E-state index in [1.165, 1.54) is 6.07 Å². The van der Waals surface area contributed by atoms with Crippen LogP contribution in [0, 0.1) is 11.3 Å². The molecule has 1 atom stereocenters. The molecule has 0 bridgehead atoms. The maximum Gasteiger partial charge on any atom is 0.348 e. The van der Waals surface area contributed by atoms with Crippen molar-refractivity contribution in [1.29, 1.82) is 5.26 Å². The Labute approximate surface area is 85.5 Å². The molecule has 1 aromatic rings. The van der Waals surface area contributed by atoms with Crippen molar-refractivity contribution in [2.45, 2.75) is 6.10 Å². The van der Waals surface area contributed by atoms with Crippen molar-refractivity contribution in [3.8, 4) is 17.6 Å². The standard InChI is InChI=1S/C10H7NO4/c11-4-6-1-2-7-8(3-6)15-9(5-14-7)10(12)13/h1-3,9H,5H2,(H,12,13). The molecule has 0 spiro atoms. The summed E-state index contributed by atoms with van der Waals surface area (Å²) in [5, 5.41) is 17.4. The number of carboxylic acids is 1. The molecule has 0 aliphatic carbocycles. The number of carboxylic acid groups (broad SMARTS) is 1. The van der Waals surface area contributed by atoms with Crippen molar-refractivity contribution in [1.82, 2.24) is 0 Å². The summed E-state index contributed by atoms with van der Waals surface area (Å²) in [4.78, 5) is 10.6. The maximum absolute atomic E-state index is 10.6. The highest BCUT2D eigenvalue weighted by atomic mass is 16.6. The Hall–Kier alpha value is -2.22. The zero-order chi connectivity index (χ0) is 10.8. The summed E-state index contributed by atoms with van der Waals surface area (Å²) in [6.45, 7) is -0.0196. The first-order valence-electron chi connectivity index (χ1n) is 4.27. The lowest BCUT2D eigenvalue weighted by Gasteiger charge is -2.23. The van der Waals surface area contributed by atoms with E-state index in [9.17, 15) is 4.79 Å². The SMILES string of the molecule is N#Cc1ccc2c(c1)OC(C(=O)O)CO2. The number of nitrogens with zero attached hydrogens (tertiary/aromatic N) is 1. The molecule has 0 amide bonds. The number of carbonyl (C=O) groups is 1. The Morgan fingerprint density at radius 2 is 2.33 bits per heavy atom. The van der Waals surface area contributed by atoms with Crippen LogP contribution in [0.1, 0.15) is 5.56 Å². The molecule has 76 valence electrons. The molecular formula is C10H7NO4. The van der Waals surface area contributed by atoms with E-state index in [4.69, 9.17) is 19.8 Å². The molecule has 2 rings (SSSR count). The molecule has 1 heterocycles. The van der Waals surface area contributed by atoms with Crippen LogP contribution in [0.4, 0.5) is 0 Å². The summed E-state index contributed by atoms with van der Waals surface area (Å²) < 4.78 is 10.3. The zero-order valence-corrected chi connectivity index (χ0v) is 7.64. The summed E-state index contributed by atoms with van der Waals surface area (Å²) in [5.41, 5.74) is 0.406. The van der Waals surface area contributed by atoms with Crippen LogP contribution in [0.5, 0.6) is 11.5 Å². The van der Waals surface area contributed by atoms with Gasteiger partial charge in [0.05, 0.1) is 11.6 Å². The number of hydrogen-bond acceptors (Lipinski definition) is 4. The highest BCUT2D eigenvalue weighted by molar-refractivity contribution is 5.73. The lowest BCUT2D eigenvalue weighted by molar-refractivity contribution is -0.147. The van der Waals surface area contributed by atoms with E-state index in [0.717, 1.165) is 0 Å². The second-order valence-corrected chi connectivity index (χ2v) is 3.03. The van der Waals surface area contributed by atoms with Gasteiger partial charge in [0.1, 0.15) is 6.61 Å². The number of rotatable bonds is 1. The Bertz CT molecular complexity index is 449. The quantitative estimate of drug-likeness (QED) is 0.732. The molecule has 1 aliphatic heterocycles. The van der Waals surface area contributed by atoms with E-state index in [1.54, 1.807) is 12.1 Å².